The van der Waals surface area contributed by atoms with Crippen molar-refractivity contribution in [3.63, 3.8) is 0 Å². The highest BCUT2D eigenvalue weighted by atomic mass is 16.2. The molecule has 0 saturated carbocycles. The van der Waals surface area contributed by atoms with Gasteiger partial charge in [-0.1, -0.05) is 20.8 Å². The number of carbonyl (C=O) groups excluding carboxylic acids is 1. The van der Waals surface area contributed by atoms with Crippen molar-refractivity contribution in [3.8, 4) is 0 Å². The molecule has 0 fully saturated rings. The minimum atomic E-state index is -0.0860. The Labute approximate surface area is 86.8 Å². The molecule has 0 heterocycles. The lowest BCUT2D eigenvalue weighted by Gasteiger charge is -2.25. The molecule has 0 aromatic carbocycles. The van der Waals surface area contributed by atoms with Crippen LogP contribution in [0, 0.1) is 5.41 Å². The summed E-state index contributed by atoms with van der Waals surface area (Å²) in [6.07, 6.45) is 0. The molecule has 14 heavy (non-hydrogen) atoms. The van der Waals surface area contributed by atoms with Crippen molar-refractivity contribution in [1.82, 2.24) is 16.0 Å². The zero-order valence-electron chi connectivity index (χ0n) is 9.74. The smallest absolute Gasteiger partial charge is 0.314 e. The molecular weight excluding hydrogens is 178 g/mol. The van der Waals surface area contributed by atoms with E-state index in [4.69, 9.17) is 0 Å². The standard InChI is InChI=1S/C10H23N3O/c1-5-11-7-10(3,4)8-13-9(14)12-6-2/h11H,5-8H2,1-4H3,(H2,12,13,14). The Morgan fingerprint density at radius 3 is 2.21 bits per heavy atom. The van der Waals surface area contributed by atoms with Gasteiger partial charge in [0.25, 0.3) is 0 Å². The molecule has 2 amide bonds. The molecule has 0 aliphatic carbocycles. The van der Waals surface area contributed by atoms with Gasteiger partial charge in [0.1, 0.15) is 0 Å². The number of carbonyl (C=O) groups is 1. The molecule has 0 aromatic heterocycles. The Balaban J connectivity index is 3.68. The first kappa shape index (κ1) is 13.2. The largest absolute Gasteiger partial charge is 0.338 e. The third-order valence-electron chi connectivity index (χ3n) is 1.92. The number of rotatable bonds is 6. The normalized spacial score (nSPS) is 11.1. The summed E-state index contributed by atoms with van der Waals surface area (Å²) in [5, 5.41) is 8.82. The van der Waals surface area contributed by atoms with Gasteiger partial charge < -0.3 is 16.0 Å². The predicted molar refractivity (Wildman–Crippen MR) is 59.4 cm³/mol. The van der Waals surface area contributed by atoms with Gasteiger partial charge in [-0.2, -0.15) is 0 Å². The quantitative estimate of drug-likeness (QED) is 0.599. The van der Waals surface area contributed by atoms with E-state index in [-0.39, 0.29) is 11.4 Å². The van der Waals surface area contributed by atoms with Crippen molar-refractivity contribution in [2.24, 2.45) is 5.41 Å². The summed E-state index contributed by atoms with van der Waals surface area (Å²) in [5.41, 5.74) is 0.0983. The summed E-state index contributed by atoms with van der Waals surface area (Å²) in [6.45, 7) is 11.5. The molecule has 4 nitrogen and oxygen atoms in total. The molecule has 0 aliphatic rings. The van der Waals surface area contributed by atoms with E-state index in [0.717, 1.165) is 13.1 Å². The summed E-state index contributed by atoms with van der Waals surface area (Å²) in [6, 6.07) is -0.0860. The Morgan fingerprint density at radius 2 is 1.71 bits per heavy atom. The second-order valence-corrected chi connectivity index (χ2v) is 4.16. The van der Waals surface area contributed by atoms with Gasteiger partial charge in [-0.25, -0.2) is 4.79 Å². The van der Waals surface area contributed by atoms with E-state index in [1.165, 1.54) is 0 Å². The lowest BCUT2D eigenvalue weighted by molar-refractivity contribution is 0.233. The van der Waals surface area contributed by atoms with Gasteiger partial charge in [-0.15, -0.1) is 0 Å². The van der Waals surface area contributed by atoms with Crippen LogP contribution in [-0.2, 0) is 0 Å². The van der Waals surface area contributed by atoms with Crippen LogP contribution >= 0.6 is 0 Å². The minimum Gasteiger partial charge on any atom is -0.338 e. The van der Waals surface area contributed by atoms with Gasteiger partial charge in [0, 0.05) is 19.6 Å². The summed E-state index contributed by atoms with van der Waals surface area (Å²) in [7, 11) is 0. The molecule has 0 aliphatic heterocycles. The van der Waals surface area contributed by atoms with Gasteiger partial charge in [-0.05, 0) is 18.9 Å². The molecule has 0 aromatic rings. The maximum Gasteiger partial charge on any atom is 0.314 e. The molecule has 0 spiro atoms. The summed E-state index contributed by atoms with van der Waals surface area (Å²) in [4.78, 5) is 11.1. The van der Waals surface area contributed by atoms with Crippen LogP contribution in [0.4, 0.5) is 4.79 Å². The fourth-order valence-corrected chi connectivity index (χ4v) is 1.07. The number of nitrogens with one attached hydrogen (secondary N) is 3. The number of amides is 2. The van der Waals surface area contributed by atoms with E-state index < -0.39 is 0 Å². The Hall–Kier alpha value is -0.770. The van der Waals surface area contributed by atoms with Gasteiger partial charge in [0.15, 0.2) is 0 Å². The summed E-state index contributed by atoms with van der Waals surface area (Å²) in [5.74, 6) is 0. The zero-order chi connectivity index (χ0) is 11.0. The molecule has 3 N–H and O–H groups in total. The third-order valence-corrected chi connectivity index (χ3v) is 1.92. The fourth-order valence-electron chi connectivity index (χ4n) is 1.07. The lowest BCUT2D eigenvalue weighted by atomic mass is 9.93. The first-order chi connectivity index (χ1) is 6.52. The average molecular weight is 201 g/mol. The van der Waals surface area contributed by atoms with Crippen LogP contribution in [-0.4, -0.2) is 32.2 Å². The van der Waals surface area contributed by atoms with E-state index in [0.29, 0.717) is 13.1 Å². The maximum atomic E-state index is 11.1. The van der Waals surface area contributed by atoms with Crippen LogP contribution in [0.1, 0.15) is 27.7 Å². The number of urea groups is 1. The van der Waals surface area contributed by atoms with Crippen molar-refractivity contribution in [2.75, 3.05) is 26.2 Å². The van der Waals surface area contributed by atoms with Gasteiger partial charge in [0.2, 0.25) is 0 Å². The van der Waals surface area contributed by atoms with Gasteiger partial charge in [0.05, 0.1) is 0 Å². The summed E-state index contributed by atoms with van der Waals surface area (Å²) < 4.78 is 0. The van der Waals surface area contributed by atoms with E-state index in [1.807, 2.05) is 6.92 Å². The monoisotopic (exact) mass is 201 g/mol. The number of hydrogen-bond acceptors (Lipinski definition) is 2. The molecule has 0 rings (SSSR count). The van der Waals surface area contributed by atoms with Crippen LogP contribution in [0.2, 0.25) is 0 Å². The van der Waals surface area contributed by atoms with E-state index in [2.05, 4.69) is 36.7 Å². The zero-order valence-corrected chi connectivity index (χ0v) is 9.74. The highest BCUT2D eigenvalue weighted by molar-refractivity contribution is 5.73. The molecule has 4 heteroatoms. The third kappa shape index (κ3) is 6.71. The van der Waals surface area contributed by atoms with Crippen LogP contribution < -0.4 is 16.0 Å². The minimum absolute atomic E-state index is 0.0860. The van der Waals surface area contributed by atoms with Crippen molar-refractivity contribution in [3.05, 3.63) is 0 Å². The maximum absolute atomic E-state index is 11.1. The molecule has 0 saturated heterocycles. The second kappa shape index (κ2) is 6.65. The van der Waals surface area contributed by atoms with Crippen molar-refractivity contribution in [2.45, 2.75) is 27.7 Å². The van der Waals surface area contributed by atoms with E-state index in [1.54, 1.807) is 0 Å². The van der Waals surface area contributed by atoms with Crippen molar-refractivity contribution in [1.29, 1.82) is 0 Å². The Bertz CT molecular complexity index is 169. The van der Waals surface area contributed by atoms with Crippen LogP contribution in [0.25, 0.3) is 0 Å². The first-order valence-corrected chi connectivity index (χ1v) is 5.24. The topological polar surface area (TPSA) is 53.2 Å². The molecule has 84 valence electrons. The lowest BCUT2D eigenvalue weighted by Crippen LogP contribution is -2.44. The Morgan fingerprint density at radius 1 is 1.07 bits per heavy atom. The highest BCUT2D eigenvalue weighted by Crippen LogP contribution is 2.11. The second-order valence-electron chi connectivity index (χ2n) is 4.16. The van der Waals surface area contributed by atoms with E-state index >= 15 is 0 Å². The molecular formula is C10H23N3O. The SMILES string of the molecule is CCNCC(C)(C)CNC(=O)NCC. The molecule has 0 unspecified atom stereocenters. The van der Waals surface area contributed by atoms with E-state index in [9.17, 15) is 4.79 Å². The fraction of sp³-hybridized carbons (Fsp3) is 0.900. The Kier molecular flexibility index (Phi) is 6.28. The summed E-state index contributed by atoms with van der Waals surface area (Å²) >= 11 is 0. The van der Waals surface area contributed by atoms with Gasteiger partial charge >= 0.3 is 6.03 Å². The van der Waals surface area contributed by atoms with Crippen LogP contribution in [0.3, 0.4) is 0 Å². The number of hydrogen-bond donors (Lipinski definition) is 3. The first-order valence-electron chi connectivity index (χ1n) is 5.24. The molecule has 0 radical (unpaired) electrons. The van der Waals surface area contributed by atoms with Crippen LogP contribution in [0.15, 0.2) is 0 Å². The predicted octanol–water partition coefficient (Wildman–Crippen LogP) is 0.941. The average Bonchev–Trinajstić information content (AvgIpc) is 2.13. The van der Waals surface area contributed by atoms with Crippen molar-refractivity contribution < 1.29 is 4.79 Å². The van der Waals surface area contributed by atoms with Crippen LogP contribution in [0.5, 0.6) is 0 Å². The van der Waals surface area contributed by atoms with Crippen molar-refractivity contribution >= 4 is 6.03 Å². The highest BCUT2D eigenvalue weighted by Gasteiger charge is 2.17. The van der Waals surface area contributed by atoms with Gasteiger partial charge in [-0.3, -0.25) is 0 Å². The molecule has 0 atom stereocenters. The molecule has 0 bridgehead atoms.